The van der Waals surface area contributed by atoms with Gasteiger partial charge in [-0.25, -0.2) is 17.2 Å². The van der Waals surface area contributed by atoms with E-state index in [1.807, 2.05) is 0 Å². The van der Waals surface area contributed by atoms with Crippen molar-refractivity contribution in [1.29, 1.82) is 0 Å². The van der Waals surface area contributed by atoms with E-state index in [0.717, 1.165) is 6.26 Å². The molecule has 0 radical (unpaired) electrons. The van der Waals surface area contributed by atoms with Crippen LogP contribution in [-0.4, -0.2) is 38.5 Å². The summed E-state index contributed by atoms with van der Waals surface area (Å²) in [4.78, 5) is 0. The topological polar surface area (TPSA) is 63.6 Å². The average Bonchev–Trinajstić information content (AvgIpc) is 2.80. The Morgan fingerprint density at radius 1 is 1.39 bits per heavy atom. The Labute approximate surface area is 132 Å². The fourth-order valence-corrected chi connectivity index (χ4v) is 4.68. The Balaban J connectivity index is 2.25. The van der Waals surface area contributed by atoms with Crippen LogP contribution in [0.4, 0.5) is 22.0 Å². The van der Waals surface area contributed by atoms with Gasteiger partial charge in [0.25, 0.3) is 5.92 Å². The lowest BCUT2D eigenvalue weighted by Crippen LogP contribution is -2.22. The Hall–Kier alpha value is -0.940. The van der Waals surface area contributed by atoms with Crippen LogP contribution in [0.1, 0.15) is 30.1 Å². The molecule has 0 saturated carbocycles. The van der Waals surface area contributed by atoms with Crippen LogP contribution in [0.15, 0.2) is 4.21 Å². The van der Waals surface area contributed by atoms with Crippen LogP contribution in [0.25, 0.3) is 0 Å². The fraction of sp³-hybridized carbons (Fsp3) is 0.667. The first-order valence-electron chi connectivity index (χ1n) is 6.44. The SMILES string of the molecule is CS(=O)(=O)c1sc(OCCCC(F)(F)F)c2c1[C@H](O)C(F)(F)C2. The minimum atomic E-state index is -4.36. The van der Waals surface area contributed by atoms with E-state index in [2.05, 4.69) is 0 Å². The zero-order valence-corrected chi connectivity index (χ0v) is 13.4. The molecule has 0 unspecified atom stereocenters. The van der Waals surface area contributed by atoms with Gasteiger partial charge in [0, 0.05) is 30.2 Å². The van der Waals surface area contributed by atoms with Crippen molar-refractivity contribution in [1.82, 2.24) is 0 Å². The zero-order valence-electron chi connectivity index (χ0n) is 11.8. The van der Waals surface area contributed by atoms with Crippen molar-refractivity contribution in [3.8, 4) is 5.06 Å². The third-order valence-electron chi connectivity index (χ3n) is 3.24. The van der Waals surface area contributed by atoms with Crippen molar-refractivity contribution in [3.05, 3.63) is 11.1 Å². The second-order valence-corrected chi connectivity index (χ2v) is 8.44. The molecule has 0 amide bonds. The van der Waals surface area contributed by atoms with Crippen LogP contribution in [0.5, 0.6) is 5.06 Å². The molecule has 0 saturated heterocycles. The summed E-state index contributed by atoms with van der Waals surface area (Å²) in [6.45, 7) is -0.392. The molecule has 0 spiro atoms. The maximum atomic E-state index is 13.6. The maximum Gasteiger partial charge on any atom is 0.389 e. The predicted molar refractivity (Wildman–Crippen MR) is 71.8 cm³/mol. The third-order valence-corrected chi connectivity index (χ3v) is 6.24. The van der Waals surface area contributed by atoms with E-state index in [4.69, 9.17) is 4.74 Å². The van der Waals surface area contributed by atoms with Gasteiger partial charge in [0.1, 0.15) is 10.3 Å². The molecule has 4 nitrogen and oxygen atoms in total. The summed E-state index contributed by atoms with van der Waals surface area (Å²) in [6.07, 6.45) is -8.23. The monoisotopic (exact) mass is 380 g/mol. The lowest BCUT2D eigenvalue weighted by Gasteiger charge is -2.14. The highest BCUT2D eigenvalue weighted by atomic mass is 32.2. The highest BCUT2D eigenvalue weighted by Gasteiger charge is 2.51. The first-order valence-corrected chi connectivity index (χ1v) is 9.15. The molecule has 1 aromatic rings. The molecule has 1 atom stereocenters. The molecule has 0 aromatic carbocycles. The number of fused-ring (bicyclic) bond motifs is 1. The number of alkyl halides is 5. The second kappa shape index (κ2) is 5.85. The van der Waals surface area contributed by atoms with E-state index in [9.17, 15) is 35.5 Å². The van der Waals surface area contributed by atoms with Gasteiger partial charge in [-0.3, -0.25) is 0 Å². The Morgan fingerprint density at radius 2 is 2.00 bits per heavy atom. The van der Waals surface area contributed by atoms with Gasteiger partial charge in [0.2, 0.25) is 0 Å². The van der Waals surface area contributed by atoms with Crippen LogP contribution in [0.2, 0.25) is 0 Å². The third kappa shape index (κ3) is 3.94. The molecule has 23 heavy (non-hydrogen) atoms. The van der Waals surface area contributed by atoms with E-state index < -0.39 is 57.3 Å². The summed E-state index contributed by atoms with van der Waals surface area (Å²) in [5.74, 6) is -3.54. The molecular formula is C12H13F5O4S2. The smallest absolute Gasteiger partial charge is 0.389 e. The first-order chi connectivity index (χ1) is 10.3. The summed E-state index contributed by atoms with van der Waals surface area (Å²) in [7, 11) is -3.88. The van der Waals surface area contributed by atoms with Crippen LogP contribution in [0.3, 0.4) is 0 Å². The van der Waals surface area contributed by atoms with Crippen LogP contribution < -0.4 is 4.74 Å². The Bertz CT molecular complexity index is 693. The van der Waals surface area contributed by atoms with Gasteiger partial charge < -0.3 is 9.84 Å². The van der Waals surface area contributed by atoms with Crippen molar-refractivity contribution < 1.29 is 40.2 Å². The van der Waals surface area contributed by atoms with Crippen molar-refractivity contribution in [2.45, 2.75) is 41.7 Å². The molecule has 2 rings (SSSR count). The minimum absolute atomic E-state index is 0.153. The fourth-order valence-electron chi connectivity index (χ4n) is 2.25. The number of ether oxygens (including phenoxy) is 1. The predicted octanol–water partition coefficient (Wildman–Crippen LogP) is 3.10. The van der Waals surface area contributed by atoms with Gasteiger partial charge in [0.05, 0.1) is 6.61 Å². The summed E-state index contributed by atoms with van der Waals surface area (Å²) < 4.78 is 91.4. The molecule has 1 heterocycles. The number of rotatable bonds is 5. The average molecular weight is 380 g/mol. The lowest BCUT2D eigenvalue weighted by molar-refractivity contribution is -0.136. The van der Waals surface area contributed by atoms with E-state index in [1.54, 1.807) is 0 Å². The summed E-state index contributed by atoms with van der Waals surface area (Å²) in [5.41, 5.74) is -0.562. The van der Waals surface area contributed by atoms with Crippen molar-refractivity contribution in [2.24, 2.45) is 0 Å². The molecule has 1 N–H and O–H groups in total. The number of hydrogen-bond donors (Lipinski definition) is 1. The second-order valence-electron chi connectivity index (χ2n) is 5.25. The molecule has 1 aromatic heterocycles. The molecular weight excluding hydrogens is 367 g/mol. The van der Waals surface area contributed by atoms with Crippen LogP contribution in [-0.2, 0) is 16.3 Å². The van der Waals surface area contributed by atoms with Crippen molar-refractivity contribution in [3.63, 3.8) is 0 Å². The summed E-state index contributed by atoms with van der Waals surface area (Å²) in [6, 6.07) is 0. The van der Waals surface area contributed by atoms with Crippen molar-refractivity contribution >= 4 is 21.2 Å². The van der Waals surface area contributed by atoms with Gasteiger partial charge in [-0.2, -0.15) is 13.2 Å². The number of thiophene rings is 1. The number of aliphatic hydroxyl groups is 1. The van der Waals surface area contributed by atoms with Gasteiger partial charge in [-0.1, -0.05) is 11.3 Å². The quantitative estimate of drug-likeness (QED) is 0.630. The van der Waals surface area contributed by atoms with Gasteiger partial charge in [-0.05, 0) is 6.42 Å². The number of aliphatic hydroxyl groups excluding tert-OH is 1. The lowest BCUT2D eigenvalue weighted by atomic mass is 10.2. The van der Waals surface area contributed by atoms with E-state index in [1.165, 1.54) is 0 Å². The van der Waals surface area contributed by atoms with Gasteiger partial charge in [0.15, 0.2) is 14.9 Å². The summed E-state index contributed by atoms with van der Waals surface area (Å²) >= 11 is 0.547. The standard InChI is InChI=1S/C12H13F5O4S2/c1-23(19,20)10-7-6(5-11(13,14)8(7)18)9(22-10)21-4-2-3-12(15,16)17/h8,18H,2-5H2,1H3/t8-/m0/s1. The largest absolute Gasteiger partial charge is 0.484 e. The number of sulfone groups is 1. The molecule has 11 heteroatoms. The maximum absolute atomic E-state index is 13.6. The molecule has 132 valence electrons. The first kappa shape index (κ1) is 18.4. The molecule has 1 aliphatic carbocycles. The minimum Gasteiger partial charge on any atom is -0.484 e. The highest BCUT2D eigenvalue weighted by molar-refractivity contribution is 7.92. The van der Waals surface area contributed by atoms with E-state index in [-0.39, 0.29) is 17.0 Å². The van der Waals surface area contributed by atoms with E-state index in [0.29, 0.717) is 11.3 Å². The van der Waals surface area contributed by atoms with Gasteiger partial charge in [-0.15, -0.1) is 0 Å². The molecule has 0 fully saturated rings. The van der Waals surface area contributed by atoms with Crippen LogP contribution >= 0.6 is 11.3 Å². The normalized spacial score (nSPS) is 20.6. The molecule has 1 aliphatic rings. The van der Waals surface area contributed by atoms with Crippen molar-refractivity contribution in [2.75, 3.05) is 12.9 Å². The molecule has 0 aliphatic heterocycles. The molecule has 0 bridgehead atoms. The van der Waals surface area contributed by atoms with E-state index >= 15 is 0 Å². The van der Waals surface area contributed by atoms with Crippen LogP contribution in [0, 0.1) is 0 Å². The highest BCUT2D eigenvalue weighted by Crippen LogP contribution is 2.53. The number of halogens is 5. The van der Waals surface area contributed by atoms with Gasteiger partial charge >= 0.3 is 6.18 Å². The number of hydrogen-bond acceptors (Lipinski definition) is 5. The zero-order chi connectivity index (χ0) is 17.6. The Morgan fingerprint density at radius 3 is 2.52 bits per heavy atom. The Kier molecular flexibility index (Phi) is 4.68. The summed E-state index contributed by atoms with van der Waals surface area (Å²) in [5, 5.41) is 9.45.